The molecule has 0 heterocycles. The number of anilines is 1. The third-order valence-corrected chi connectivity index (χ3v) is 4.31. The average molecular weight is 284 g/mol. The maximum atomic E-state index is 12.2. The highest BCUT2D eigenvalue weighted by Crippen LogP contribution is 2.20. The van der Waals surface area contributed by atoms with Crippen LogP contribution in [0.3, 0.4) is 0 Å². The first-order valence-electron chi connectivity index (χ1n) is 6.80. The molecule has 0 unspecified atom stereocenters. The fraction of sp³-hybridized carbons (Fsp3) is 0.571. The number of sulfonamides is 1. The first-order valence-corrected chi connectivity index (χ1v) is 8.28. The molecule has 0 amide bonds. The van der Waals surface area contributed by atoms with Crippen molar-refractivity contribution in [2.45, 2.75) is 38.5 Å². The molecule has 19 heavy (non-hydrogen) atoms. The third kappa shape index (κ3) is 5.20. The first-order chi connectivity index (χ1) is 8.97. The molecule has 0 aliphatic heterocycles. The van der Waals surface area contributed by atoms with Crippen LogP contribution in [0.2, 0.25) is 0 Å². The van der Waals surface area contributed by atoms with Crippen LogP contribution in [0.5, 0.6) is 0 Å². The van der Waals surface area contributed by atoms with Crippen molar-refractivity contribution in [1.29, 1.82) is 0 Å². The van der Waals surface area contributed by atoms with E-state index in [9.17, 15) is 8.42 Å². The summed E-state index contributed by atoms with van der Waals surface area (Å²) >= 11 is 0. The Morgan fingerprint density at radius 3 is 2.53 bits per heavy atom. The maximum Gasteiger partial charge on any atom is 0.242 e. The van der Waals surface area contributed by atoms with Crippen LogP contribution in [0, 0.1) is 5.92 Å². The van der Waals surface area contributed by atoms with Crippen molar-refractivity contribution >= 4 is 15.7 Å². The molecule has 0 fully saturated rings. The predicted molar refractivity (Wildman–Crippen MR) is 79.9 cm³/mol. The van der Waals surface area contributed by atoms with E-state index in [1.807, 2.05) is 13.0 Å². The normalized spacial score (nSPS) is 11.8. The van der Waals surface area contributed by atoms with Gasteiger partial charge in [-0.25, -0.2) is 13.1 Å². The summed E-state index contributed by atoms with van der Waals surface area (Å²) in [5.74, 6) is 0.596. The van der Waals surface area contributed by atoms with Gasteiger partial charge in [0.1, 0.15) is 4.90 Å². The zero-order valence-corrected chi connectivity index (χ0v) is 12.8. The molecule has 5 heteroatoms. The van der Waals surface area contributed by atoms with Crippen LogP contribution in [0.4, 0.5) is 5.69 Å². The van der Waals surface area contributed by atoms with E-state index in [-0.39, 0.29) is 0 Å². The maximum absolute atomic E-state index is 12.2. The molecular formula is C14H24N2O2S. The van der Waals surface area contributed by atoms with Crippen molar-refractivity contribution < 1.29 is 8.42 Å². The molecular weight excluding hydrogens is 260 g/mol. The smallest absolute Gasteiger partial charge is 0.242 e. The number of rotatable bonds is 8. The quantitative estimate of drug-likeness (QED) is 0.722. The average Bonchev–Trinajstić information content (AvgIpc) is 2.35. The highest BCUT2D eigenvalue weighted by Gasteiger charge is 2.17. The fourth-order valence-corrected chi connectivity index (χ4v) is 3.09. The molecule has 0 saturated heterocycles. The molecule has 2 N–H and O–H groups in total. The highest BCUT2D eigenvalue weighted by atomic mass is 32.2. The van der Waals surface area contributed by atoms with Crippen LogP contribution >= 0.6 is 0 Å². The van der Waals surface area contributed by atoms with E-state index in [1.54, 1.807) is 18.2 Å². The minimum absolute atomic E-state index is 0.321. The molecule has 0 saturated carbocycles. The van der Waals surface area contributed by atoms with Crippen LogP contribution in [0.15, 0.2) is 29.2 Å². The predicted octanol–water partition coefficient (Wildman–Crippen LogP) is 2.83. The van der Waals surface area contributed by atoms with Crippen LogP contribution < -0.4 is 10.0 Å². The van der Waals surface area contributed by atoms with E-state index in [0.29, 0.717) is 29.6 Å². The lowest BCUT2D eigenvalue weighted by Gasteiger charge is -2.12. The van der Waals surface area contributed by atoms with Crippen LogP contribution in [0.1, 0.15) is 33.6 Å². The fourth-order valence-electron chi connectivity index (χ4n) is 1.83. The largest absolute Gasteiger partial charge is 0.384 e. The molecule has 108 valence electrons. The summed E-state index contributed by atoms with van der Waals surface area (Å²) in [5.41, 5.74) is 0.654. The van der Waals surface area contributed by atoms with Gasteiger partial charge in [-0.05, 0) is 37.8 Å². The van der Waals surface area contributed by atoms with Gasteiger partial charge in [-0.1, -0.05) is 26.0 Å². The minimum atomic E-state index is -3.42. The molecule has 0 aliphatic rings. The van der Waals surface area contributed by atoms with Crippen molar-refractivity contribution in [1.82, 2.24) is 4.72 Å². The summed E-state index contributed by atoms with van der Waals surface area (Å²) in [6, 6.07) is 6.98. The Kier molecular flexibility index (Phi) is 6.31. The van der Waals surface area contributed by atoms with Crippen molar-refractivity contribution in [3.8, 4) is 0 Å². The van der Waals surface area contributed by atoms with Gasteiger partial charge in [-0.3, -0.25) is 0 Å². The number of nitrogens with one attached hydrogen (secondary N) is 2. The summed E-state index contributed by atoms with van der Waals surface area (Å²) in [6.45, 7) is 7.39. The highest BCUT2D eigenvalue weighted by molar-refractivity contribution is 7.89. The van der Waals surface area contributed by atoms with Gasteiger partial charge < -0.3 is 5.32 Å². The van der Waals surface area contributed by atoms with E-state index >= 15 is 0 Å². The lowest BCUT2D eigenvalue weighted by molar-refractivity contribution is 0.540. The second-order valence-electron chi connectivity index (χ2n) is 4.96. The first kappa shape index (κ1) is 16.0. The number of hydrogen-bond acceptors (Lipinski definition) is 3. The SMILES string of the molecule is CCNc1ccccc1S(=O)(=O)NCCCC(C)C. The van der Waals surface area contributed by atoms with Crippen LogP contribution in [0.25, 0.3) is 0 Å². The summed E-state index contributed by atoms with van der Waals surface area (Å²) < 4.78 is 27.1. The Morgan fingerprint density at radius 2 is 1.89 bits per heavy atom. The van der Waals surface area contributed by atoms with E-state index in [0.717, 1.165) is 12.8 Å². The van der Waals surface area contributed by atoms with E-state index in [4.69, 9.17) is 0 Å². The van der Waals surface area contributed by atoms with Gasteiger partial charge in [-0.2, -0.15) is 0 Å². The molecule has 1 aromatic rings. The van der Waals surface area contributed by atoms with Crippen molar-refractivity contribution in [3.05, 3.63) is 24.3 Å². The van der Waals surface area contributed by atoms with Crippen molar-refractivity contribution in [2.75, 3.05) is 18.4 Å². The van der Waals surface area contributed by atoms with Gasteiger partial charge in [0.05, 0.1) is 5.69 Å². The van der Waals surface area contributed by atoms with Crippen LogP contribution in [-0.4, -0.2) is 21.5 Å². The van der Waals surface area contributed by atoms with E-state index in [2.05, 4.69) is 23.9 Å². The molecule has 0 bridgehead atoms. The Balaban J connectivity index is 2.71. The molecule has 0 spiro atoms. The molecule has 0 radical (unpaired) electrons. The van der Waals surface area contributed by atoms with Gasteiger partial charge >= 0.3 is 0 Å². The summed E-state index contributed by atoms with van der Waals surface area (Å²) in [7, 11) is -3.42. The standard InChI is InChI=1S/C14H24N2O2S/c1-4-15-13-9-5-6-10-14(13)19(17,18)16-11-7-8-12(2)3/h5-6,9-10,12,15-16H,4,7-8,11H2,1-3H3. The number of hydrogen-bond donors (Lipinski definition) is 2. The van der Waals surface area contributed by atoms with Gasteiger partial charge in [-0.15, -0.1) is 0 Å². The second-order valence-corrected chi connectivity index (χ2v) is 6.70. The molecule has 0 aliphatic carbocycles. The zero-order chi connectivity index (χ0) is 14.3. The lowest BCUT2D eigenvalue weighted by Crippen LogP contribution is -2.26. The van der Waals surface area contributed by atoms with Crippen LogP contribution in [-0.2, 0) is 10.0 Å². The second kappa shape index (κ2) is 7.50. The van der Waals surface area contributed by atoms with E-state index < -0.39 is 10.0 Å². The third-order valence-electron chi connectivity index (χ3n) is 2.79. The van der Waals surface area contributed by atoms with Gasteiger partial charge in [0.15, 0.2) is 0 Å². The number of benzene rings is 1. The number of para-hydroxylation sites is 1. The van der Waals surface area contributed by atoms with Crippen molar-refractivity contribution in [3.63, 3.8) is 0 Å². The molecule has 1 rings (SSSR count). The molecule has 4 nitrogen and oxygen atoms in total. The molecule has 0 atom stereocenters. The molecule has 0 aromatic heterocycles. The minimum Gasteiger partial charge on any atom is -0.384 e. The Labute approximate surface area is 116 Å². The molecule has 1 aromatic carbocycles. The summed E-state index contributed by atoms with van der Waals surface area (Å²) in [5, 5.41) is 3.07. The van der Waals surface area contributed by atoms with E-state index in [1.165, 1.54) is 0 Å². The summed E-state index contributed by atoms with van der Waals surface area (Å²) in [6.07, 6.45) is 1.89. The topological polar surface area (TPSA) is 58.2 Å². The lowest BCUT2D eigenvalue weighted by atomic mass is 10.1. The zero-order valence-electron chi connectivity index (χ0n) is 11.9. The van der Waals surface area contributed by atoms with Gasteiger partial charge in [0.2, 0.25) is 10.0 Å². The summed E-state index contributed by atoms with van der Waals surface area (Å²) in [4.78, 5) is 0.321. The Bertz CT molecular complexity index is 484. The van der Waals surface area contributed by atoms with Gasteiger partial charge in [0.25, 0.3) is 0 Å². The monoisotopic (exact) mass is 284 g/mol. The Hall–Kier alpha value is -1.07. The Morgan fingerprint density at radius 1 is 1.21 bits per heavy atom. The van der Waals surface area contributed by atoms with Crippen molar-refractivity contribution in [2.24, 2.45) is 5.92 Å². The van der Waals surface area contributed by atoms with Gasteiger partial charge in [0, 0.05) is 13.1 Å².